The number of amides is 1. The number of hydrogen-bond acceptors (Lipinski definition) is 2. The monoisotopic (exact) mass is 255 g/mol. The fraction of sp³-hybridized carbons (Fsp3) is 0.462. The van der Waals surface area contributed by atoms with E-state index in [1.807, 2.05) is 20.8 Å². The molecule has 1 rings (SSSR count). The summed E-state index contributed by atoms with van der Waals surface area (Å²) in [7, 11) is 0. The van der Waals surface area contributed by atoms with E-state index in [0.29, 0.717) is 5.56 Å². The van der Waals surface area contributed by atoms with Crippen molar-refractivity contribution in [3.8, 4) is 0 Å². The highest BCUT2D eigenvalue weighted by Crippen LogP contribution is 2.17. The number of thiol groups is 1. The van der Waals surface area contributed by atoms with Crippen LogP contribution in [-0.2, 0) is 0 Å². The van der Waals surface area contributed by atoms with Crippen LogP contribution in [0.15, 0.2) is 23.1 Å². The van der Waals surface area contributed by atoms with Crippen LogP contribution in [0.1, 0.15) is 44.0 Å². The largest absolute Gasteiger partial charge is 0.347 e. The van der Waals surface area contributed by atoms with Gasteiger partial charge in [0.1, 0.15) is 5.82 Å². The number of rotatable bonds is 4. The van der Waals surface area contributed by atoms with Crippen molar-refractivity contribution in [3.05, 3.63) is 29.6 Å². The van der Waals surface area contributed by atoms with Gasteiger partial charge in [-0.1, -0.05) is 13.8 Å². The SMILES string of the molecule is CCC(C)(CC)NC(=O)c1ccc(F)c(S)c1. The lowest BCUT2D eigenvalue weighted by atomic mass is 9.95. The van der Waals surface area contributed by atoms with Crippen molar-refractivity contribution < 1.29 is 9.18 Å². The van der Waals surface area contributed by atoms with Crippen molar-refractivity contribution >= 4 is 18.5 Å². The molecule has 17 heavy (non-hydrogen) atoms. The Hall–Kier alpha value is -1.03. The Kier molecular flexibility index (Phi) is 4.57. The minimum absolute atomic E-state index is 0.187. The van der Waals surface area contributed by atoms with Gasteiger partial charge in [0.25, 0.3) is 5.91 Å². The Morgan fingerprint density at radius 1 is 1.41 bits per heavy atom. The van der Waals surface area contributed by atoms with Crippen LogP contribution >= 0.6 is 12.6 Å². The molecule has 0 atom stereocenters. The van der Waals surface area contributed by atoms with Gasteiger partial charge in [-0.05, 0) is 38.0 Å². The first-order chi connectivity index (χ1) is 7.91. The molecule has 1 amide bonds. The Labute approximate surface area is 107 Å². The van der Waals surface area contributed by atoms with Crippen LogP contribution in [0.4, 0.5) is 4.39 Å². The average Bonchev–Trinajstić information content (AvgIpc) is 2.32. The summed E-state index contributed by atoms with van der Waals surface area (Å²) in [6.07, 6.45) is 1.70. The van der Waals surface area contributed by atoms with E-state index >= 15 is 0 Å². The average molecular weight is 255 g/mol. The summed E-state index contributed by atoms with van der Waals surface area (Å²) in [6.45, 7) is 6.05. The molecule has 1 aromatic carbocycles. The van der Waals surface area contributed by atoms with Crippen LogP contribution in [0.25, 0.3) is 0 Å². The third-order valence-corrected chi connectivity index (χ3v) is 3.53. The molecular weight excluding hydrogens is 237 g/mol. The molecule has 0 aliphatic carbocycles. The lowest BCUT2D eigenvalue weighted by Crippen LogP contribution is -2.44. The summed E-state index contributed by atoms with van der Waals surface area (Å²) >= 11 is 3.96. The van der Waals surface area contributed by atoms with Gasteiger partial charge in [-0.3, -0.25) is 4.79 Å². The normalized spacial score (nSPS) is 11.4. The molecule has 1 N–H and O–H groups in total. The highest BCUT2D eigenvalue weighted by atomic mass is 32.1. The van der Waals surface area contributed by atoms with Crippen LogP contribution in [-0.4, -0.2) is 11.4 Å². The van der Waals surface area contributed by atoms with Gasteiger partial charge >= 0.3 is 0 Å². The van der Waals surface area contributed by atoms with E-state index in [9.17, 15) is 9.18 Å². The minimum Gasteiger partial charge on any atom is -0.347 e. The van der Waals surface area contributed by atoms with E-state index in [2.05, 4.69) is 17.9 Å². The Morgan fingerprint density at radius 2 is 2.00 bits per heavy atom. The van der Waals surface area contributed by atoms with Gasteiger partial charge in [-0.2, -0.15) is 0 Å². The van der Waals surface area contributed by atoms with Gasteiger partial charge in [0, 0.05) is 16.0 Å². The topological polar surface area (TPSA) is 29.1 Å². The van der Waals surface area contributed by atoms with E-state index in [0.717, 1.165) is 12.8 Å². The van der Waals surface area contributed by atoms with Gasteiger partial charge in [0.15, 0.2) is 0 Å². The lowest BCUT2D eigenvalue weighted by Gasteiger charge is -2.28. The standard InChI is InChI=1S/C13H18FNOS/c1-4-13(3,5-2)15-12(16)9-6-7-10(14)11(17)8-9/h6-8,17H,4-5H2,1-3H3,(H,15,16). The van der Waals surface area contributed by atoms with Gasteiger partial charge in [0.2, 0.25) is 0 Å². The molecule has 0 heterocycles. The van der Waals surface area contributed by atoms with Gasteiger partial charge in [-0.25, -0.2) is 4.39 Å². The number of carbonyl (C=O) groups is 1. The maximum Gasteiger partial charge on any atom is 0.251 e. The molecule has 0 fully saturated rings. The van der Waals surface area contributed by atoms with Crippen molar-refractivity contribution in [2.45, 2.75) is 44.0 Å². The fourth-order valence-electron chi connectivity index (χ4n) is 1.43. The zero-order chi connectivity index (χ0) is 13.1. The molecule has 0 bridgehead atoms. The van der Waals surface area contributed by atoms with E-state index in [-0.39, 0.29) is 16.3 Å². The molecular formula is C13H18FNOS. The van der Waals surface area contributed by atoms with Crippen LogP contribution in [0.5, 0.6) is 0 Å². The van der Waals surface area contributed by atoms with Crippen molar-refractivity contribution in [2.24, 2.45) is 0 Å². The molecule has 1 aromatic rings. The second-order valence-corrected chi connectivity index (χ2v) is 4.87. The molecule has 0 unspecified atom stereocenters. The van der Waals surface area contributed by atoms with Gasteiger partial charge < -0.3 is 5.32 Å². The summed E-state index contributed by atoms with van der Waals surface area (Å²) in [5.41, 5.74) is 0.215. The lowest BCUT2D eigenvalue weighted by molar-refractivity contribution is 0.0900. The molecule has 0 aliphatic rings. The van der Waals surface area contributed by atoms with E-state index in [4.69, 9.17) is 0 Å². The summed E-state index contributed by atoms with van der Waals surface area (Å²) in [5, 5.41) is 2.96. The zero-order valence-electron chi connectivity index (χ0n) is 10.4. The van der Waals surface area contributed by atoms with Gasteiger partial charge in [-0.15, -0.1) is 12.6 Å². The molecule has 0 aromatic heterocycles. The smallest absolute Gasteiger partial charge is 0.251 e. The predicted molar refractivity (Wildman–Crippen MR) is 70.1 cm³/mol. The molecule has 0 spiro atoms. The molecule has 0 saturated heterocycles. The molecule has 0 radical (unpaired) electrons. The highest BCUT2D eigenvalue weighted by Gasteiger charge is 2.22. The molecule has 2 nitrogen and oxygen atoms in total. The number of benzene rings is 1. The van der Waals surface area contributed by atoms with Crippen molar-refractivity contribution in [1.82, 2.24) is 5.32 Å². The second kappa shape index (κ2) is 5.54. The maximum absolute atomic E-state index is 13.0. The Bertz CT molecular complexity index is 416. The first-order valence-electron chi connectivity index (χ1n) is 5.73. The first-order valence-corrected chi connectivity index (χ1v) is 6.17. The van der Waals surface area contributed by atoms with Crippen LogP contribution < -0.4 is 5.32 Å². The van der Waals surface area contributed by atoms with E-state index in [1.54, 1.807) is 0 Å². The first kappa shape index (κ1) is 14.0. The quantitative estimate of drug-likeness (QED) is 0.793. The maximum atomic E-state index is 13.0. The third kappa shape index (κ3) is 3.46. The Balaban J connectivity index is 2.86. The summed E-state index contributed by atoms with van der Waals surface area (Å²) in [6, 6.07) is 4.17. The van der Waals surface area contributed by atoms with Crippen molar-refractivity contribution in [3.63, 3.8) is 0 Å². The summed E-state index contributed by atoms with van der Waals surface area (Å²) < 4.78 is 13.0. The number of nitrogens with one attached hydrogen (secondary N) is 1. The third-order valence-electron chi connectivity index (χ3n) is 3.18. The summed E-state index contributed by atoms with van der Waals surface area (Å²) in [4.78, 5) is 12.2. The highest BCUT2D eigenvalue weighted by molar-refractivity contribution is 7.80. The van der Waals surface area contributed by atoms with Crippen molar-refractivity contribution in [2.75, 3.05) is 0 Å². The number of carbonyl (C=O) groups excluding carboxylic acids is 1. The van der Waals surface area contributed by atoms with Crippen molar-refractivity contribution in [1.29, 1.82) is 0 Å². The minimum atomic E-state index is -0.418. The number of halogens is 1. The number of hydrogen-bond donors (Lipinski definition) is 2. The summed E-state index contributed by atoms with van der Waals surface area (Å²) in [5.74, 6) is -0.606. The second-order valence-electron chi connectivity index (χ2n) is 4.39. The van der Waals surface area contributed by atoms with Gasteiger partial charge in [0.05, 0.1) is 0 Å². The van der Waals surface area contributed by atoms with Crippen LogP contribution in [0.3, 0.4) is 0 Å². The molecule has 4 heteroatoms. The Morgan fingerprint density at radius 3 is 2.47 bits per heavy atom. The zero-order valence-corrected chi connectivity index (χ0v) is 11.3. The van der Waals surface area contributed by atoms with Crippen LogP contribution in [0, 0.1) is 5.82 Å². The van der Waals surface area contributed by atoms with E-state index < -0.39 is 5.82 Å². The molecule has 0 aliphatic heterocycles. The predicted octanol–water partition coefficient (Wildman–Crippen LogP) is 3.42. The fourth-order valence-corrected chi connectivity index (χ4v) is 1.64. The van der Waals surface area contributed by atoms with E-state index in [1.165, 1.54) is 18.2 Å². The molecule has 0 saturated carbocycles. The van der Waals surface area contributed by atoms with Crippen LogP contribution in [0.2, 0.25) is 0 Å². The molecule has 94 valence electrons.